The lowest BCUT2D eigenvalue weighted by molar-refractivity contribution is 1.40. The lowest BCUT2D eigenvalue weighted by Crippen LogP contribution is -1.74. The van der Waals surface area contributed by atoms with E-state index < -0.39 is 0 Å². The Labute approximate surface area is 81.0 Å². The number of nitroso groups, excluding NO2 is 1. The Bertz CT molecular complexity index is 467. The highest BCUT2D eigenvalue weighted by Gasteiger charge is 2.03. The molecule has 0 aliphatic heterocycles. The summed E-state index contributed by atoms with van der Waals surface area (Å²) in [5.41, 5.74) is 0.418. The van der Waals surface area contributed by atoms with Gasteiger partial charge < -0.3 is 0 Å². The molecule has 2 rings (SSSR count). The maximum absolute atomic E-state index is 10.5. The van der Waals surface area contributed by atoms with Gasteiger partial charge in [-0.15, -0.1) is 17.5 Å². The van der Waals surface area contributed by atoms with Crippen LogP contribution in [0.3, 0.4) is 0 Å². The predicted molar refractivity (Wildman–Crippen MR) is 56.7 cm³/mol. The molecule has 0 radical (unpaired) electrons. The average Bonchev–Trinajstić information content (AvgIpc) is 2.18. The fourth-order valence-corrected chi connectivity index (χ4v) is 1.58. The van der Waals surface area contributed by atoms with Crippen LogP contribution in [0.5, 0.6) is 0 Å². The minimum atomic E-state index is 0.418. The summed E-state index contributed by atoms with van der Waals surface area (Å²) >= 11 is 4.16. The summed E-state index contributed by atoms with van der Waals surface area (Å²) in [5, 5.41) is 4.83. The number of nitrogens with zero attached hydrogens (tertiary/aromatic N) is 1. The zero-order valence-electron chi connectivity index (χ0n) is 6.77. The number of hydrogen-bond acceptors (Lipinski definition) is 3. The third-order valence-corrected chi connectivity index (χ3v) is 2.33. The second-order valence-electron chi connectivity index (χ2n) is 2.75. The predicted octanol–water partition coefficient (Wildman–Crippen LogP) is 3.53. The van der Waals surface area contributed by atoms with Crippen LogP contribution in [-0.2, 0) is 0 Å². The average molecular weight is 189 g/mol. The minimum absolute atomic E-state index is 0.418. The molecular formula is C10H7NOS. The van der Waals surface area contributed by atoms with Gasteiger partial charge in [0.2, 0.25) is 0 Å². The quantitative estimate of drug-likeness (QED) is 0.539. The third-order valence-electron chi connectivity index (χ3n) is 1.97. The largest absolute Gasteiger partial charge is 0.145 e. The first-order chi connectivity index (χ1) is 6.33. The van der Waals surface area contributed by atoms with Crippen molar-refractivity contribution < 1.29 is 0 Å². The fraction of sp³-hybridized carbons (Fsp3) is 0. The topological polar surface area (TPSA) is 29.4 Å². The van der Waals surface area contributed by atoms with Gasteiger partial charge in [-0.25, -0.2) is 0 Å². The van der Waals surface area contributed by atoms with Gasteiger partial charge in [0, 0.05) is 10.3 Å². The lowest BCUT2D eigenvalue weighted by atomic mass is 10.1. The molecule has 0 bridgehead atoms. The summed E-state index contributed by atoms with van der Waals surface area (Å²) in [6, 6.07) is 11.3. The molecule has 0 N–H and O–H groups in total. The molecule has 0 atom stereocenters. The molecule has 0 saturated heterocycles. The van der Waals surface area contributed by atoms with E-state index in [0.29, 0.717) is 10.6 Å². The van der Waals surface area contributed by atoms with Crippen molar-refractivity contribution in [3.63, 3.8) is 0 Å². The van der Waals surface area contributed by atoms with Crippen molar-refractivity contribution in [2.24, 2.45) is 5.18 Å². The highest BCUT2D eigenvalue weighted by molar-refractivity contribution is 7.80. The maximum atomic E-state index is 10.5. The number of rotatable bonds is 1. The highest BCUT2D eigenvalue weighted by atomic mass is 32.1. The maximum Gasteiger partial charge on any atom is 0.129 e. The van der Waals surface area contributed by atoms with Crippen LogP contribution >= 0.6 is 12.6 Å². The minimum Gasteiger partial charge on any atom is -0.145 e. The van der Waals surface area contributed by atoms with Crippen LogP contribution in [0.1, 0.15) is 0 Å². The van der Waals surface area contributed by atoms with E-state index in [2.05, 4.69) is 17.8 Å². The second-order valence-corrected chi connectivity index (χ2v) is 3.23. The lowest BCUT2D eigenvalue weighted by Gasteiger charge is -2.01. The summed E-state index contributed by atoms with van der Waals surface area (Å²) in [4.78, 5) is 11.2. The van der Waals surface area contributed by atoms with Gasteiger partial charge in [-0.05, 0) is 16.6 Å². The molecule has 0 unspecified atom stereocenters. The molecule has 0 heterocycles. The molecule has 0 spiro atoms. The van der Waals surface area contributed by atoms with Crippen molar-refractivity contribution in [3.05, 3.63) is 41.3 Å². The molecular weight excluding hydrogens is 182 g/mol. The smallest absolute Gasteiger partial charge is 0.129 e. The summed E-state index contributed by atoms with van der Waals surface area (Å²) in [6.45, 7) is 0. The number of hydrogen-bond donors (Lipinski definition) is 1. The molecule has 0 aromatic heterocycles. The first-order valence-electron chi connectivity index (χ1n) is 3.87. The number of benzene rings is 2. The van der Waals surface area contributed by atoms with Crippen LogP contribution in [0.25, 0.3) is 10.8 Å². The molecule has 0 fully saturated rings. The summed E-state index contributed by atoms with van der Waals surface area (Å²) < 4.78 is 0. The Morgan fingerprint density at radius 3 is 2.62 bits per heavy atom. The Morgan fingerprint density at radius 1 is 1.08 bits per heavy atom. The summed E-state index contributed by atoms with van der Waals surface area (Å²) in [5.74, 6) is 0. The van der Waals surface area contributed by atoms with Crippen LogP contribution in [0.2, 0.25) is 0 Å². The van der Waals surface area contributed by atoms with Crippen molar-refractivity contribution in [2.45, 2.75) is 4.90 Å². The van der Waals surface area contributed by atoms with E-state index in [1.807, 2.05) is 30.3 Å². The molecule has 0 saturated carbocycles. The van der Waals surface area contributed by atoms with Gasteiger partial charge in [0.25, 0.3) is 0 Å². The summed E-state index contributed by atoms with van der Waals surface area (Å²) in [6.07, 6.45) is 0. The fourth-order valence-electron chi connectivity index (χ4n) is 1.34. The standard InChI is InChI=1S/C10H7NOS/c12-11-10-8-4-2-1-3-7(8)5-6-9(10)13/h1-6,13H. The van der Waals surface area contributed by atoms with Crippen molar-refractivity contribution >= 4 is 29.1 Å². The van der Waals surface area contributed by atoms with Gasteiger partial charge in [-0.2, -0.15) is 0 Å². The van der Waals surface area contributed by atoms with Crippen molar-refractivity contribution in [1.82, 2.24) is 0 Å². The van der Waals surface area contributed by atoms with E-state index >= 15 is 0 Å². The van der Waals surface area contributed by atoms with E-state index in [1.165, 1.54) is 0 Å². The van der Waals surface area contributed by atoms with Gasteiger partial charge in [0.1, 0.15) is 5.69 Å². The van der Waals surface area contributed by atoms with E-state index in [9.17, 15) is 4.91 Å². The van der Waals surface area contributed by atoms with Crippen LogP contribution in [-0.4, -0.2) is 0 Å². The van der Waals surface area contributed by atoms with Crippen molar-refractivity contribution in [1.29, 1.82) is 0 Å². The summed E-state index contributed by atoms with van der Waals surface area (Å²) in [7, 11) is 0. The zero-order chi connectivity index (χ0) is 9.26. The van der Waals surface area contributed by atoms with E-state index in [4.69, 9.17) is 0 Å². The molecule has 0 aliphatic rings. The molecule has 0 aliphatic carbocycles. The van der Waals surface area contributed by atoms with Crippen LogP contribution in [0, 0.1) is 4.91 Å². The Morgan fingerprint density at radius 2 is 1.85 bits per heavy atom. The normalized spacial score (nSPS) is 10.2. The van der Waals surface area contributed by atoms with Gasteiger partial charge in [0.05, 0.1) is 0 Å². The zero-order valence-corrected chi connectivity index (χ0v) is 7.66. The molecule has 3 heteroatoms. The van der Waals surface area contributed by atoms with Gasteiger partial charge in [-0.3, -0.25) is 0 Å². The van der Waals surface area contributed by atoms with E-state index in [-0.39, 0.29) is 0 Å². The highest BCUT2D eigenvalue weighted by Crippen LogP contribution is 2.31. The number of thiol groups is 1. The van der Waals surface area contributed by atoms with Gasteiger partial charge in [0.15, 0.2) is 0 Å². The second kappa shape index (κ2) is 3.18. The van der Waals surface area contributed by atoms with Crippen LogP contribution in [0.4, 0.5) is 5.69 Å². The molecule has 2 nitrogen and oxygen atoms in total. The van der Waals surface area contributed by atoms with Crippen molar-refractivity contribution in [3.8, 4) is 0 Å². The van der Waals surface area contributed by atoms with Crippen LogP contribution < -0.4 is 0 Å². The SMILES string of the molecule is O=Nc1c(S)ccc2ccccc12. The Kier molecular flexibility index (Phi) is 2.02. The molecule has 2 aromatic carbocycles. The monoisotopic (exact) mass is 189 g/mol. The third kappa shape index (κ3) is 1.31. The Balaban J connectivity index is 2.91. The van der Waals surface area contributed by atoms with Crippen LogP contribution in [0.15, 0.2) is 46.5 Å². The Hall–Kier alpha value is -1.35. The van der Waals surface area contributed by atoms with Gasteiger partial charge >= 0.3 is 0 Å². The molecule has 2 aromatic rings. The molecule has 0 amide bonds. The van der Waals surface area contributed by atoms with E-state index in [0.717, 1.165) is 10.8 Å². The molecule has 13 heavy (non-hydrogen) atoms. The first-order valence-corrected chi connectivity index (χ1v) is 4.32. The van der Waals surface area contributed by atoms with Gasteiger partial charge in [-0.1, -0.05) is 30.3 Å². The number of fused-ring (bicyclic) bond motifs is 1. The van der Waals surface area contributed by atoms with E-state index in [1.54, 1.807) is 6.07 Å². The first kappa shape index (κ1) is 8.26. The molecule has 64 valence electrons. The van der Waals surface area contributed by atoms with Crippen molar-refractivity contribution in [2.75, 3.05) is 0 Å².